The van der Waals surface area contributed by atoms with Gasteiger partial charge in [-0.1, -0.05) is 34.8 Å². The maximum atomic E-state index is 5.87. The summed E-state index contributed by atoms with van der Waals surface area (Å²) in [6.45, 7) is 0. The van der Waals surface area contributed by atoms with Crippen LogP contribution < -0.4 is 4.90 Å². The van der Waals surface area contributed by atoms with Crippen molar-refractivity contribution in [2.75, 3.05) is 19.0 Å². The first-order valence-electron chi connectivity index (χ1n) is 5.15. The van der Waals surface area contributed by atoms with Crippen LogP contribution in [0.15, 0.2) is 24.3 Å². The van der Waals surface area contributed by atoms with Gasteiger partial charge in [-0.25, -0.2) is 9.97 Å². The van der Waals surface area contributed by atoms with Gasteiger partial charge in [0.2, 0.25) is 0 Å². The van der Waals surface area contributed by atoms with Gasteiger partial charge in [0.05, 0.1) is 0 Å². The zero-order valence-electron chi connectivity index (χ0n) is 9.78. The Hall–Kier alpha value is -1.03. The van der Waals surface area contributed by atoms with Crippen LogP contribution in [0.1, 0.15) is 0 Å². The Morgan fingerprint density at radius 1 is 0.889 bits per heavy atom. The molecule has 0 amide bonds. The Labute approximate surface area is 120 Å². The molecule has 18 heavy (non-hydrogen) atoms. The monoisotopic (exact) mass is 301 g/mol. The van der Waals surface area contributed by atoms with Crippen LogP contribution in [0.25, 0.3) is 11.4 Å². The summed E-state index contributed by atoms with van der Waals surface area (Å²) in [6, 6.07) is 7.75. The SMILES string of the molecule is CN(C)c1ccc(-c2nc(Cl)c(Cl)c(Cl)n2)cc1. The molecule has 6 heteroatoms. The standard InChI is InChI=1S/C12H10Cl3N3/c1-18(2)8-5-3-7(4-6-8)12-16-10(14)9(13)11(15)17-12/h3-6H,1-2H3. The summed E-state index contributed by atoms with van der Waals surface area (Å²) in [5.74, 6) is 0.458. The van der Waals surface area contributed by atoms with Gasteiger partial charge >= 0.3 is 0 Å². The van der Waals surface area contributed by atoms with Crippen molar-refractivity contribution in [2.45, 2.75) is 0 Å². The molecule has 1 heterocycles. The molecule has 0 saturated heterocycles. The average molecular weight is 303 g/mol. The fourth-order valence-corrected chi connectivity index (χ4v) is 1.90. The lowest BCUT2D eigenvalue weighted by molar-refractivity contribution is 1.13. The van der Waals surface area contributed by atoms with Crippen molar-refractivity contribution in [3.63, 3.8) is 0 Å². The minimum absolute atomic E-state index is 0.156. The molecule has 0 unspecified atom stereocenters. The molecular formula is C12H10Cl3N3. The molecule has 0 spiro atoms. The first-order chi connectivity index (χ1) is 8.49. The molecule has 0 aliphatic rings. The fraction of sp³-hybridized carbons (Fsp3) is 0.167. The van der Waals surface area contributed by atoms with Crippen molar-refractivity contribution in [1.82, 2.24) is 9.97 Å². The highest BCUT2D eigenvalue weighted by Crippen LogP contribution is 2.29. The summed E-state index contributed by atoms with van der Waals surface area (Å²) >= 11 is 17.6. The molecule has 0 aliphatic carbocycles. The number of benzene rings is 1. The highest BCUT2D eigenvalue weighted by atomic mass is 35.5. The van der Waals surface area contributed by atoms with Gasteiger partial charge in [-0.3, -0.25) is 0 Å². The number of aromatic nitrogens is 2. The third-order valence-electron chi connectivity index (χ3n) is 2.41. The average Bonchev–Trinajstić information content (AvgIpc) is 2.35. The van der Waals surface area contributed by atoms with E-state index in [4.69, 9.17) is 34.8 Å². The number of nitrogens with zero attached hydrogens (tertiary/aromatic N) is 3. The lowest BCUT2D eigenvalue weighted by atomic mass is 10.2. The lowest BCUT2D eigenvalue weighted by Gasteiger charge is -2.12. The summed E-state index contributed by atoms with van der Waals surface area (Å²) in [7, 11) is 3.95. The topological polar surface area (TPSA) is 29.0 Å². The highest BCUT2D eigenvalue weighted by molar-refractivity contribution is 6.46. The summed E-state index contributed by atoms with van der Waals surface area (Å²) in [5.41, 5.74) is 1.92. The van der Waals surface area contributed by atoms with Gasteiger partial charge in [0.1, 0.15) is 5.02 Å². The number of halogens is 3. The molecule has 94 valence electrons. The van der Waals surface area contributed by atoms with Crippen LogP contribution in [0.2, 0.25) is 15.3 Å². The second kappa shape index (κ2) is 5.31. The molecular weight excluding hydrogens is 293 g/mol. The van der Waals surface area contributed by atoms with E-state index >= 15 is 0 Å². The first-order valence-corrected chi connectivity index (χ1v) is 6.28. The molecule has 0 aliphatic heterocycles. The van der Waals surface area contributed by atoms with Gasteiger partial charge in [-0.05, 0) is 24.3 Å². The van der Waals surface area contributed by atoms with Crippen LogP contribution in [0.3, 0.4) is 0 Å². The molecule has 0 bridgehead atoms. The maximum absolute atomic E-state index is 5.87. The van der Waals surface area contributed by atoms with Crippen molar-refractivity contribution in [3.8, 4) is 11.4 Å². The maximum Gasteiger partial charge on any atom is 0.162 e. The summed E-state index contributed by atoms with van der Waals surface area (Å²) < 4.78 is 0. The molecule has 2 rings (SSSR count). The molecule has 3 nitrogen and oxygen atoms in total. The zero-order chi connectivity index (χ0) is 13.3. The van der Waals surface area contributed by atoms with Crippen LogP contribution in [-0.4, -0.2) is 24.1 Å². The van der Waals surface area contributed by atoms with E-state index in [1.165, 1.54) is 0 Å². The third kappa shape index (κ3) is 2.69. The van der Waals surface area contributed by atoms with E-state index in [1.54, 1.807) is 0 Å². The Morgan fingerprint density at radius 3 is 1.83 bits per heavy atom. The van der Waals surface area contributed by atoms with Gasteiger partial charge in [0.25, 0.3) is 0 Å². The van der Waals surface area contributed by atoms with E-state index in [-0.39, 0.29) is 15.3 Å². The van der Waals surface area contributed by atoms with E-state index in [9.17, 15) is 0 Å². The lowest BCUT2D eigenvalue weighted by Crippen LogP contribution is -2.08. The molecule has 0 N–H and O–H groups in total. The number of hydrogen-bond acceptors (Lipinski definition) is 3. The molecule has 1 aromatic carbocycles. The van der Waals surface area contributed by atoms with Crippen molar-refractivity contribution in [3.05, 3.63) is 39.6 Å². The van der Waals surface area contributed by atoms with Gasteiger partial charge in [0, 0.05) is 25.3 Å². The molecule has 0 saturated carbocycles. The number of anilines is 1. The van der Waals surface area contributed by atoms with Gasteiger partial charge in [-0.2, -0.15) is 0 Å². The normalized spacial score (nSPS) is 10.5. The third-order valence-corrected chi connectivity index (χ3v) is 3.51. The second-order valence-corrected chi connectivity index (χ2v) is 4.98. The van der Waals surface area contributed by atoms with E-state index in [0.29, 0.717) is 5.82 Å². The first kappa shape index (κ1) is 13.4. The molecule has 1 aromatic heterocycles. The number of hydrogen-bond donors (Lipinski definition) is 0. The van der Waals surface area contributed by atoms with E-state index in [2.05, 4.69) is 9.97 Å². The van der Waals surface area contributed by atoms with Gasteiger partial charge in [-0.15, -0.1) is 0 Å². The number of rotatable bonds is 2. The van der Waals surface area contributed by atoms with Crippen LogP contribution >= 0.6 is 34.8 Å². The van der Waals surface area contributed by atoms with Crippen molar-refractivity contribution in [1.29, 1.82) is 0 Å². The minimum Gasteiger partial charge on any atom is -0.378 e. The molecule has 2 aromatic rings. The Morgan fingerprint density at radius 2 is 1.39 bits per heavy atom. The minimum atomic E-state index is 0.156. The van der Waals surface area contributed by atoms with Crippen molar-refractivity contribution >= 4 is 40.5 Å². The smallest absolute Gasteiger partial charge is 0.162 e. The van der Waals surface area contributed by atoms with Crippen LogP contribution in [0, 0.1) is 0 Å². The Balaban J connectivity index is 2.43. The predicted octanol–water partition coefficient (Wildman–Crippen LogP) is 4.17. The summed E-state index contributed by atoms with van der Waals surface area (Å²) in [6.07, 6.45) is 0. The van der Waals surface area contributed by atoms with Gasteiger partial charge < -0.3 is 4.90 Å². The second-order valence-electron chi connectivity index (χ2n) is 3.88. The van der Waals surface area contributed by atoms with Crippen LogP contribution in [-0.2, 0) is 0 Å². The van der Waals surface area contributed by atoms with E-state index in [1.807, 2.05) is 43.3 Å². The van der Waals surface area contributed by atoms with Crippen molar-refractivity contribution < 1.29 is 0 Å². The summed E-state index contributed by atoms with van der Waals surface area (Å²) in [4.78, 5) is 10.2. The van der Waals surface area contributed by atoms with E-state index in [0.717, 1.165) is 11.3 Å². The van der Waals surface area contributed by atoms with Crippen molar-refractivity contribution in [2.24, 2.45) is 0 Å². The van der Waals surface area contributed by atoms with E-state index < -0.39 is 0 Å². The largest absolute Gasteiger partial charge is 0.378 e. The predicted molar refractivity (Wildman–Crippen MR) is 76.8 cm³/mol. The molecule has 0 radical (unpaired) electrons. The Kier molecular flexibility index (Phi) is 3.95. The van der Waals surface area contributed by atoms with Crippen LogP contribution in [0.4, 0.5) is 5.69 Å². The molecule has 0 fully saturated rings. The van der Waals surface area contributed by atoms with Crippen LogP contribution in [0.5, 0.6) is 0 Å². The summed E-state index contributed by atoms with van der Waals surface area (Å²) in [5, 5.41) is 0.485. The molecule has 0 atom stereocenters. The highest BCUT2D eigenvalue weighted by Gasteiger charge is 2.10. The quantitative estimate of drug-likeness (QED) is 0.780. The fourth-order valence-electron chi connectivity index (χ4n) is 1.43. The Bertz CT molecular complexity index is 544. The zero-order valence-corrected chi connectivity index (χ0v) is 12.1. The van der Waals surface area contributed by atoms with Gasteiger partial charge in [0.15, 0.2) is 16.1 Å².